The van der Waals surface area contributed by atoms with Gasteiger partial charge in [-0.3, -0.25) is 14.9 Å². The first-order valence-corrected chi connectivity index (χ1v) is 6.93. The summed E-state index contributed by atoms with van der Waals surface area (Å²) in [6.07, 6.45) is 0.857. The Morgan fingerprint density at radius 1 is 1.43 bits per heavy atom. The Morgan fingerprint density at radius 3 is 2.71 bits per heavy atom. The minimum atomic E-state index is -0.425. The van der Waals surface area contributed by atoms with Crippen LogP contribution in [0.1, 0.15) is 23.7 Å². The van der Waals surface area contributed by atoms with Crippen molar-refractivity contribution in [2.45, 2.75) is 13.3 Å². The molecule has 1 rings (SSSR count). The molecule has 0 aromatic heterocycles. The number of nitrogens with zero attached hydrogens (tertiary/aromatic N) is 2. The second-order valence-electron chi connectivity index (χ2n) is 4.70. The molecule has 116 valence electrons. The van der Waals surface area contributed by atoms with Crippen molar-refractivity contribution in [1.29, 1.82) is 0 Å². The lowest BCUT2D eigenvalue weighted by atomic mass is 10.1. The summed E-state index contributed by atoms with van der Waals surface area (Å²) in [6.45, 7) is 3.84. The van der Waals surface area contributed by atoms with Crippen LogP contribution in [0.2, 0.25) is 0 Å². The number of anilines is 1. The highest BCUT2D eigenvalue weighted by molar-refractivity contribution is 5.95. The van der Waals surface area contributed by atoms with E-state index in [2.05, 4.69) is 10.6 Å². The van der Waals surface area contributed by atoms with E-state index < -0.39 is 4.92 Å². The molecule has 0 fully saturated rings. The zero-order valence-corrected chi connectivity index (χ0v) is 12.7. The average molecular weight is 294 g/mol. The largest absolute Gasteiger partial charge is 0.369 e. The van der Waals surface area contributed by atoms with E-state index in [-0.39, 0.29) is 11.6 Å². The molecule has 0 saturated carbocycles. The number of benzene rings is 1. The van der Waals surface area contributed by atoms with Gasteiger partial charge in [-0.25, -0.2) is 0 Å². The van der Waals surface area contributed by atoms with Crippen molar-refractivity contribution in [2.24, 2.45) is 0 Å². The van der Waals surface area contributed by atoms with Crippen molar-refractivity contribution in [3.63, 3.8) is 0 Å². The number of carbonyl (C=O) groups is 1. The van der Waals surface area contributed by atoms with Gasteiger partial charge in [0.15, 0.2) is 0 Å². The molecule has 0 aliphatic rings. The number of amides is 1. The molecular weight excluding hydrogens is 272 g/mol. The fourth-order valence-corrected chi connectivity index (χ4v) is 2.00. The molecule has 0 aliphatic heterocycles. The summed E-state index contributed by atoms with van der Waals surface area (Å²) >= 11 is 0. The van der Waals surface area contributed by atoms with Gasteiger partial charge >= 0.3 is 0 Å². The number of carbonyl (C=O) groups excluding carboxylic acids is 1. The number of nitrogens with one attached hydrogen (secondary N) is 2. The third kappa shape index (κ3) is 4.71. The molecule has 21 heavy (non-hydrogen) atoms. The van der Waals surface area contributed by atoms with Crippen LogP contribution in [0.5, 0.6) is 0 Å². The van der Waals surface area contributed by atoms with E-state index >= 15 is 0 Å². The lowest BCUT2D eigenvalue weighted by molar-refractivity contribution is -0.384. The summed E-state index contributed by atoms with van der Waals surface area (Å²) in [5.41, 5.74) is 0.896. The lowest BCUT2D eigenvalue weighted by Crippen LogP contribution is -2.25. The molecule has 7 heteroatoms. The van der Waals surface area contributed by atoms with Gasteiger partial charge in [-0.1, -0.05) is 0 Å². The van der Waals surface area contributed by atoms with Crippen molar-refractivity contribution in [1.82, 2.24) is 10.6 Å². The van der Waals surface area contributed by atoms with Crippen LogP contribution >= 0.6 is 0 Å². The predicted octanol–water partition coefficient (Wildman–Crippen LogP) is 1.39. The number of hydrogen-bond donors (Lipinski definition) is 2. The topological polar surface area (TPSA) is 87.5 Å². The second-order valence-corrected chi connectivity index (χ2v) is 4.70. The van der Waals surface area contributed by atoms with Gasteiger partial charge in [-0.2, -0.15) is 0 Å². The van der Waals surface area contributed by atoms with Crippen molar-refractivity contribution in [2.75, 3.05) is 38.6 Å². The first-order valence-electron chi connectivity index (χ1n) is 6.93. The maximum absolute atomic E-state index is 11.9. The van der Waals surface area contributed by atoms with Gasteiger partial charge < -0.3 is 15.5 Å². The Morgan fingerprint density at radius 2 is 2.14 bits per heavy atom. The molecule has 0 bridgehead atoms. The second kappa shape index (κ2) is 8.21. The minimum absolute atomic E-state index is 0.00926. The number of hydrogen-bond acceptors (Lipinski definition) is 5. The van der Waals surface area contributed by atoms with Crippen LogP contribution in [0.4, 0.5) is 11.4 Å². The highest BCUT2D eigenvalue weighted by Gasteiger charge is 2.19. The van der Waals surface area contributed by atoms with E-state index in [4.69, 9.17) is 0 Å². The van der Waals surface area contributed by atoms with Gasteiger partial charge in [0.25, 0.3) is 11.6 Å². The monoisotopic (exact) mass is 294 g/mol. The first-order chi connectivity index (χ1) is 10.0. The lowest BCUT2D eigenvalue weighted by Gasteiger charge is -2.19. The standard InChI is InChI=1S/C14H22N4O3/c1-4-16-14(19)11-6-7-12(18(20)21)13(10-11)17(3)9-5-8-15-2/h6-7,10,15H,4-5,8-9H2,1-3H3,(H,16,19). The zero-order valence-electron chi connectivity index (χ0n) is 12.7. The molecule has 2 N–H and O–H groups in total. The van der Waals surface area contributed by atoms with Crippen LogP contribution in [0.15, 0.2) is 18.2 Å². The number of rotatable bonds is 8. The van der Waals surface area contributed by atoms with Crippen molar-refractivity contribution in [3.8, 4) is 0 Å². The van der Waals surface area contributed by atoms with Gasteiger partial charge in [-0.15, -0.1) is 0 Å². The zero-order chi connectivity index (χ0) is 15.8. The van der Waals surface area contributed by atoms with Crippen LogP contribution in [0.3, 0.4) is 0 Å². The van der Waals surface area contributed by atoms with Crippen LogP contribution < -0.4 is 15.5 Å². The van der Waals surface area contributed by atoms with Crippen LogP contribution in [-0.4, -0.2) is 44.6 Å². The molecule has 0 radical (unpaired) electrons. The maximum Gasteiger partial charge on any atom is 0.292 e. The van der Waals surface area contributed by atoms with Gasteiger partial charge in [0, 0.05) is 31.8 Å². The van der Waals surface area contributed by atoms with E-state index in [9.17, 15) is 14.9 Å². The Labute approximate surface area is 124 Å². The van der Waals surface area contributed by atoms with E-state index in [0.717, 1.165) is 13.0 Å². The Balaban J connectivity index is 3.03. The molecule has 0 atom stereocenters. The van der Waals surface area contributed by atoms with Gasteiger partial charge in [0.2, 0.25) is 0 Å². The fourth-order valence-electron chi connectivity index (χ4n) is 2.00. The summed E-state index contributed by atoms with van der Waals surface area (Å²) in [7, 11) is 3.65. The van der Waals surface area contributed by atoms with Crippen molar-refractivity contribution in [3.05, 3.63) is 33.9 Å². The van der Waals surface area contributed by atoms with E-state index in [1.165, 1.54) is 12.1 Å². The predicted molar refractivity (Wildman–Crippen MR) is 82.9 cm³/mol. The third-order valence-electron chi connectivity index (χ3n) is 3.10. The maximum atomic E-state index is 11.9. The molecule has 0 spiro atoms. The summed E-state index contributed by atoms with van der Waals surface area (Å²) in [5, 5.41) is 16.9. The molecule has 1 aromatic carbocycles. The number of nitro benzene ring substituents is 1. The molecule has 0 aliphatic carbocycles. The van der Waals surface area contributed by atoms with Crippen molar-refractivity contribution < 1.29 is 9.72 Å². The molecule has 0 saturated heterocycles. The van der Waals surface area contributed by atoms with Gasteiger partial charge in [0.05, 0.1) is 4.92 Å². The smallest absolute Gasteiger partial charge is 0.292 e. The van der Waals surface area contributed by atoms with Crippen molar-refractivity contribution >= 4 is 17.3 Å². The van der Waals surface area contributed by atoms with Gasteiger partial charge in [-0.05, 0) is 39.1 Å². The third-order valence-corrected chi connectivity index (χ3v) is 3.10. The highest BCUT2D eigenvalue weighted by Crippen LogP contribution is 2.28. The Hall–Kier alpha value is -2.15. The van der Waals surface area contributed by atoms with Gasteiger partial charge in [0.1, 0.15) is 5.69 Å². The Bertz CT molecular complexity index is 505. The normalized spacial score (nSPS) is 10.2. The van der Waals surface area contributed by atoms with Crippen LogP contribution in [0.25, 0.3) is 0 Å². The highest BCUT2D eigenvalue weighted by atomic mass is 16.6. The molecule has 0 heterocycles. The molecular formula is C14H22N4O3. The van der Waals surface area contributed by atoms with E-state index in [1.807, 2.05) is 14.0 Å². The number of nitro groups is 1. The summed E-state index contributed by atoms with van der Waals surface area (Å²) in [4.78, 5) is 24.4. The minimum Gasteiger partial charge on any atom is -0.369 e. The Kier molecular flexibility index (Phi) is 6.61. The average Bonchev–Trinajstić information content (AvgIpc) is 2.46. The molecule has 0 unspecified atom stereocenters. The quantitative estimate of drug-likeness (QED) is 0.430. The molecule has 1 aromatic rings. The molecule has 1 amide bonds. The van der Waals surface area contributed by atoms with E-state index in [1.54, 1.807) is 18.0 Å². The summed E-state index contributed by atoms with van der Waals surface area (Å²) in [6, 6.07) is 4.44. The van der Waals surface area contributed by atoms with Crippen LogP contribution in [0, 0.1) is 10.1 Å². The summed E-state index contributed by atoms with van der Waals surface area (Å²) in [5.74, 6) is -0.225. The SMILES string of the molecule is CCNC(=O)c1ccc([N+](=O)[O-])c(N(C)CCCNC)c1. The van der Waals surface area contributed by atoms with Crippen LogP contribution in [-0.2, 0) is 0 Å². The fraction of sp³-hybridized carbons (Fsp3) is 0.500. The first kappa shape index (κ1) is 16.9. The molecule has 7 nitrogen and oxygen atoms in total. The summed E-state index contributed by atoms with van der Waals surface area (Å²) < 4.78 is 0. The van der Waals surface area contributed by atoms with E-state index in [0.29, 0.717) is 24.3 Å².